The van der Waals surface area contributed by atoms with E-state index in [1.54, 1.807) is 0 Å². The van der Waals surface area contributed by atoms with Gasteiger partial charge in [0.15, 0.2) is 0 Å². The first-order chi connectivity index (χ1) is 24.4. The van der Waals surface area contributed by atoms with Crippen molar-refractivity contribution in [2.75, 3.05) is 0 Å². The van der Waals surface area contributed by atoms with Gasteiger partial charge in [0, 0.05) is 18.8 Å². The number of nitrogens with one attached hydrogen (secondary N) is 1. The minimum Gasteiger partial charge on any atom is -0.278 e. The fourth-order valence-electron chi connectivity index (χ4n) is 7.36. The van der Waals surface area contributed by atoms with Crippen molar-refractivity contribution >= 4 is 17.8 Å². The largest absolute Gasteiger partial charge is 0.331 e. The van der Waals surface area contributed by atoms with Crippen molar-refractivity contribution in [1.29, 1.82) is 0 Å². The van der Waals surface area contributed by atoms with Gasteiger partial charge in [-0.3, -0.25) is 19.8 Å². The number of hydrogen-bond donors (Lipinski definition) is 1. The number of rotatable bonds is 33. The van der Waals surface area contributed by atoms with E-state index in [0.717, 1.165) is 38.5 Å². The summed E-state index contributed by atoms with van der Waals surface area (Å²) in [5.41, 5.74) is -0.791. The van der Waals surface area contributed by atoms with Gasteiger partial charge in [-0.05, 0) is 19.8 Å². The molecule has 0 aromatic rings. The molecule has 2 atom stereocenters. The van der Waals surface area contributed by atoms with Gasteiger partial charge in [-0.25, -0.2) is 4.79 Å². The highest BCUT2D eigenvalue weighted by atomic mass is 16.2. The van der Waals surface area contributed by atoms with Crippen LogP contribution in [-0.2, 0) is 9.59 Å². The molecule has 1 rings (SSSR count). The zero-order chi connectivity index (χ0) is 36.5. The van der Waals surface area contributed by atoms with Gasteiger partial charge in [-0.1, -0.05) is 225 Å². The van der Waals surface area contributed by atoms with Gasteiger partial charge in [0.1, 0.15) is 0 Å². The Morgan fingerprint density at radius 3 is 1.22 bits per heavy atom. The minimum absolute atomic E-state index is 0.0334. The number of carbonyl (C=O) groups excluding carboxylic acids is 3. The molecular formula is C45H82N2O3. The van der Waals surface area contributed by atoms with Crippen LogP contribution in [0.3, 0.4) is 0 Å². The number of imide groups is 2. The van der Waals surface area contributed by atoms with E-state index in [4.69, 9.17) is 0 Å². The molecular weight excluding hydrogens is 617 g/mol. The summed E-state index contributed by atoms with van der Waals surface area (Å²) in [6.45, 7) is 8.50. The molecule has 1 N–H and O–H groups in total. The van der Waals surface area contributed by atoms with Gasteiger partial charge in [-0.2, -0.15) is 0 Å². The maximum atomic E-state index is 13.6. The quantitative estimate of drug-likeness (QED) is 0.0694. The maximum Gasteiger partial charge on any atom is 0.331 e. The summed E-state index contributed by atoms with van der Waals surface area (Å²) in [6, 6.07) is -0.573. The van der Waals surface area contributed by atoms with E-state index in [-0.39, 0.29) is 17.7 Å². The standard InChI is InChI=1S/C45H82N2O3/c1-5-7-9-11-13-15-17-19-21-23-25-27-29-31-33-38-42(48)46-44(50)47(45(4)40-36-35-37-41(45)3)43(49)39-34-32-30-28-26-24-22-20-18-16-14-12-10-8-6-2/h35-37,40-41H,5-34,38-39H2,1-4H3,(H,46,48,50). The van der Waals surface area contributed by atoms with Crippen LogP contribution in [0.2, 0.25) is 0 Å². The predicted molar refractivity (Wildman–Crippen MR) is 215 cm³/mol. The third kappa shape index (κ3) is 22.8. The molecule has 0 saturated carbocycles. The van der Waals surface area contributed by atoms with Gasteiger partial charge in [0.2, 0.25) is 11.8 Å². The second kappa shape index (κ2) is 31.8. The summed E-state index contributed by atoms with van der Waals surface area (Å²) < 4.78 is 0. The molecule has 5 heteroatoms. The Hall–Kier alpha value is -1.91. The van der Waals surface area contributed by atoms with Crippen molar-refractivity contribution in [1.82, 2.24) is 10.2 Å². The van der Waals surface area contributed by atoms with E-state index >= 15 is 0 Å². The molecule has 2 unspecified atom stereocenters. The molecule has 0 bridgehead atoms. The monoisotopic (exact) mass is 699 g/mol. The van der Waals surface area contributed by atoms with Crippen molar-refractivity contribution < 1.29 is 14.4 Å². The second-order valence-electron chi connectivity index (χ2n) is 15.7. The summed E-state index contributed by atoms with van der Waals surface area (Å²) in [6.07, 6.45) is 46.7. The Balaban J connectivity index is 2.26. The Labute approximate surface area is 310 Å². The highest BCUT2D eigenvalue weighted by Crippen LogP contribution is 2.32. The Morgan fingerprint density at radius 2 is 0.860 bits per heavy atom. The van der Waals surface area contributed by atoms with Crippen molar-refractivity contribution in [2.45, 2.75) is 239 Å². The van der Waals surface area contributed by atoms with Gasteiger partial charge < -0.3 is 0 Å². The summed E-state index contributed by atoms with van der Waals surface area (Å²) in [4.78, 5) is 41.2. The first-order valence-electron chi connectivity index (χ1n) is 21.9. The number of urea groups is 1. The number of amides is 4. The third-order valence-corrected chi connectivity index (χ3v) is 11.0. The molecule has 5 nitrogen and oxygen atoms in total. The van der Waals surface area contributed by atoms with Crippen LogP contribution in [0.5, 0.6) is 0 Å². The molecule has 0 heterocycles. The van der Waals surface area contributed by atoms with Gasteiger partial charge in [-0.15, -0.1) is 0 Å². The second-order valence-corrected chi connectivity index (χ2v) is 15.7. The molecule has 0 saturated heterocycles. The van der Waals surface area contributed by atoms with Crippen LogP contribution in [0.25, 0.3) is 0 Å². The summed E-state index contributed by atoms with van der Waals surface area (Å²) in [7, 11) is 0. The first-order valence-corrected chi connectivity index (χ1v) is 21.9. The molecule has 290 valence electrons. The van der Waals surface area contributed by atoms with Crippen LogP contribution in [0.4, 0.5) is 4.79 Å². The van der Waals surface area contributed by atoms with E-state index in [1.165, 1.54) is 159 Å². The number of carbonyl (C=O) groups is 3. The topological polar surface area (TPSA) is 66.5 Å². The number of hydrogen-bond acceptors (Lipinski definition) is 3. The maximum absolute atomic E-state index is 13.6. The SMILES string of the molecule is CCCCCCCCCCCCCCCCCC(=O)NC(=O)N(C(=O)CCCCCCCCCCCCCCCCC)C1(C)C=CC=CC1C. The van der Waals surface area contributed by atoms with Gasteiger partial charge in [0.25, 0.3) is 0 Å². The van der Waals surface area contributed by atoms with Crippen LogP contribution < -0.4 is 5.32 Å². The van der Waals surface area contributed by atoms with Crippen molar-refractivity contribution in [3.8, 4) is 0 Å². The average molecular weight is 699 g/mol. The van der Waals surface area contributed by atoms with Crippen LogP contribution in [0.15, 0.2) is 24.3 Å². The number of unbranched alkanes of at least 4 members (excludes halogenated alkanes) is 28. The van der Waals surface area contributed by atoms with Crippen LogP contribution in [-0.4, -0.2) is 28.3 Å². The lowest BCUT2D eigenvalue weighted by atomic mass is 9.81. The third-order valence-electron chi connectivity index (χ3n) is 11.0. The van der Waals surface area contributed by atoms with E-state index in [1.807, 2.05) is 38.2 Å². The average Bonchev–Trinajstić information content (AvgIpc) is 3.09. The van der Waals surface area contributed by atoms with Gasteiger partial charge >= 0.3 is 6.03 Å². The molecule has 0 aromatic carbocycles. The van der Waals surface area contributed by atoms with Crippen LogP contribution in [0.1, 0.15) is 233 Å². The van der Waals surface area contributed by atoms with Gasteiger partial charge in [0.05, 0.1) is 5.54 Å². The van der Waals surface area contributed by atoms with E-state index in [0.29, 0.717) is 12.8 Å². The summed E-state index contributed by atoms with van der Waals surface area (Å²) >= 11 is 0. The Kier molecular flexibility index (Phi) is 29.3. The predicted octanol–water partition coefficient (Wildman–Crippen LogP) is 14.1. The fraction of sp³-hybridized carbons (Fsp3) is 0.844. The normalized spacial score (nSPS) is 16.9. The van der Waals surface area contributed by atoms with Crippen LogP contribution in [0, 0.1) is 5.92 Å². The molecule has 0 fully saturated rings. The lowest BCUT2D eigenvalue weighted by Crippen LogP contribution is -2.59. The molecule has 1 aliphatic carbocycles. The van der Waals surface area contributed by atoms with Crippen molar-refractivity contribution in [3.05, 3.63) is 24.3 Å². The Morgan fingerprint density at radius 1 is 0.520 bits per heavy atom. The molecule has 50 heavy (non-hydrogen) atoms. The van der Waals surface area contributed by atoms with E-state index in [9.17, 15) is 14.4 Å². The molecule has 0 radical (unpaired) electrons. The molecule has 0 aromatic heterocycles. The zero-order valence-electron chi connectivity index (χ0n) is 33.7. The molecule has 0 aliphatic heterocycles. The van der Waals surface area contributed by atoms with Crippen LogP contribution >= 0.6 is 0 Å². The Bertz CT molecular complexity index is 912. The molecule has 4 amide bonds. The van der Waals surface area contributed by atoms with E-state index < -0.39 is 11.6 Å². The lowest BCUT2D eigenvalue weighted by molar-refractivity contribution is -0.132. The highest BCUT2D eigenvalue weighted by Gasteiger charge is 2.42. The molecule has 1 aliphatic rings. The molecule has 0 spiro atoms. The van der Waals surface area contributed by atoms with Crippen molar-refractivity contribution in [3.63, 3.8) is 0 Å². The smallest absolute Gasteiger partial charge is 0.278 e. The van der Waals surface area contributed by atoms with E-state index in [2.05, 4.69) is 19.2 Å². The minimum atomic E-state index is -0.791. The zero-order valence-corrected chi connectivity index (χ0v) is 33.7. The number of allylic oxidation sites excluding steroid dienone is 2. The summed E-state index contributed by atoms with van der Waals surface area (Å²) in [5.74, 6) is -0.499. The first kappa shape index (κ1) is 46.1. The fourth-order valence-corrected chi connectivity index (χ4v) is 7.36. The number of nitrogens with zero attached hydrogens (tertiary/aromatic N) is 1. The summed E-state index contributed by atoms with van der Waals surface area (Å²) in [5, 5.41) is 2.58. The van der Waals surface area contributed by atoms with Crippen molar-refractivity contribution in [2.24, 2.45) is 5.92 Å². The highest BCUT2D eigenvalue weighted by molar-refractivity contribution is 6.03. The lowest BCUT2D eigenvalue weighted by Gasteiger charge is -2.42.